The highest BCUT2D eigenvalue weighted by molar-refractivity contribution is 5.99. The molecule has 1 saturated carbocycles. The maximum absolute atomic E-state index is 13.6. The second-order valence-corrected chi connectivity index (χ2v) is 11.4. The first-order valence-electron chi connectivity index (χ1n) is 14.1. The van der Waals surface area contributed by atoms with E-state index in [0.717, 1.165) is 44.1 Å². The van der Waals surface area contributed by atoms with Gasteiger partial charge < -0.3 is 29.5 Å². The van der Waals surface area contributed by atoms with E-state index in [1.807, 2.05) is 12.2 Å². The van der Waals surface area contributed by atoms with Crippen LogP contribution in [0.2, 0.25) is 0 Å². The first-order valence-corrected chi connectivity index (χ1v) is 14.1. The molecule has 0 aromatic carbocycles. The fraction of sp³-hybridized carbons (Fsp3) is 0.500. The molecule has 0 unspecified atom stereocenters. The van der Waals surface area contributed by atoms with Gasteiger partial charge in [0.15, 0.2) is 17.8 Å². The van der Waals surface area contributed by atoms with Crippen molar-refractivity contribution >= 4 is 17.6 Å². The first-order chi connectivity index (χ1) is 19.2. The molecule has 40 heavy (non-hydrogen) atoms. The molecule has 1 fully saturated rings. The number of ether oxygens (including phenoxy) is 3. The molecule has 10 heteroatoms. The molecule has 3 heterocycles. The highest BCUT2D eigenvalue weighted by Crippen LogP contribution is 2.32. The quantitative estimate of drug-likeness (QED) is 0.436. The summed E-state index contributed by atoms with van der Waals surface area (Å²) in [5.74, 6) is 1.30. The van der Waals surface area contributed by atoms with Crippen molar-refractivity contribution in [3.8, 4) is 0 Å². The average molecular weight is 551 g/mol. The van der Waals surface area contributed by atoms with Crippen molar-refractivity contribution in [3.05, 3.63) is 72.1 Å². The van der Waals surface area contributed by atoms with Gasteiger partial charge in [-0.05, 0) is 44.6 Å². The van der Waals surface area contributed by atoms with Crippen molar-refractivity contribution in [3.63, 3.8) is 0 Å². The zero-order valence-electron chi connectivity index (χ0n) is 23.2. The van der Waals surface area contributed by atoms with E-state index in [0.29, 0.717) is 29.7 Å². The molecule has 0 bridgehead atoms. The molecule has 1 atom stereocenters. The van der Waals surface area contributed by atoms with Gasteiger partial charge in [0.25, 0.3) is 5.91 Å². The van der Waals surface area contributed by atoms with Crippen LogP contribution in [0.1, 0.15) is 65.2 Å². The van der Waals surface area contributed by atoms with Crippen LogP contribution in [0.5, 0.6) is 0 Å². The van der Waals surface area contributed by atoms with Gasteiger partial charge >= 0.3 is 5.95 Å². The number of hydrogen-bond acceptors (Lipinski definition) is 7. The van der Waals surface area contributed by atoms with Crippen molar-refractivity contribution in [2.75, 3.05) is 11.9 Å². The number of carbonyl (C=O) groups is 2. The molecular weight excluding hydrogens is 512 g/mol. The van der Waals surface area contributed by atoms with Crippen LogP contribution in [0.4, 0.5) is 5.82 Å². The monoisotopic (exact) mass is 550 g/mol. The molecule has 0 radical (unpaired) electrons. The number of aliphatic hydroxyl groups is 1. The fourth-order valence-electron chi connectivity index (χ4n) is 5.49. The van der Waals surface area contributed by atoms with Gasteiger partial charge in [-0.15, -0.1) is 0 Å². The lowest BCUT2D eigenvalue weighted by molar-refractivity contribution is -0.134. The molecule has 214 valence electrons. The Bertz CT molecular complexity index is 1260. The van der Waals surface area contributed by atoms with Crippen LogP contribution in [0.25, 0.3) is 0 Å². The molecule has 5 rings (SSSR count). The smallest absolute Gasteiger partial charge is 0.326 e. The van der Waals surface area contributed by atoms with Crippen LogP contribution < -0.4 is 5.32 Å². The van der Waals surface area contributed by atoms with Gasteiger partial charge in [-0.25, -0.2) is 0 Å². The van der Waals surface area contributed by atoms with Crippen LogP contribution in [0, 0.1) is 5.92 Å². The summed E-state index contributed by atoms with van der Waals surface area (Å²) in [6, 6.07) is 1.01. The van der Waals surface area contributed by atoms with Crippen LogP contribution in [0.3, 0.4) is 0 Å². The lowest BCUT2D eigenvalue weighted by Crippen LogP contribution is -2.46. The normalized spacial score (nSPS) is 20.6. The third-order valence-corrected chi connectivity index (χ3v) is 7.42. The van der Waals surface area contributed by atoms with E-state index in [1.165, 1.54) is 25.0 Å². The maximum atomic E-state index is 13.6. The Morgan fingerprint density at radius 3 is 2.77 bits per heavy atom. The Hall–Kier alpha value is -3.79. The van der Waals surface area contributed by atoms with Crippen LogP contribution >= 0.6 is 0 Å². The van der Waals surface area contributed by atoms with Gasteiger partial charge in [0.1, 0.15) is 18.1 Å². The molecule has 2 aliphatic heterocycles. The number of hydrogen-bond donors (Lipinski definition) is 2. The Balaban J connectivity index is 1.23. The minimum Gasteiger partial charge on any atom is -0.454 e. The van der Waals surface area contributed by atoms with Gasteiger partial charge in [-0.3, -0.25) is 14.3 Å². The second kappa shape index (κ2) is 12.2. The molecule has 4 aliphatic rings. The first kappa shape index (κ1) is 27.8. The zero-order valence-corrected chi connectivity index (χ0v) is 23.2. The molecule has 10 nitrogen and oxygen atoms in total. The highest BCUT2D eigenvalue weighted by atomic mass is 16.7. The Morgan fingerprint density at radius 2 is 2.08 bits per heavy atom. The number of anilines is 1. The summed E-state index contributed by atoms with van der Waals surface area (Å²) in [7, 11) is 0. The van der Waals surface area contributed by atoms with E-state index in [4.69, 9.17) is 14.2 Å². The molecule has 2 N–H and O–H groups in total. The SMILES string of the molecule is CC(C)(O)Cn1ccc(NC(=O)[C@H](CC2CCCCC2)N2CC(OC3=COC(C4=CC=CCC4)=CO3)=CC2=O)n1. The topological polar surface area (TPSA) is 115 Å². The molecule has 0 saturated heterocycles. The molecular formula is C30H38N4O6. The van der Waals surface area contributed by atoms with E-state index in [2.05, 4.69) is 16.5 Å². The van der Waals surface area contributed by atoms with Gasteiger partial charge in [0, 0.05) is 18.3 Å². The minimum absolute atomic E-state index is 0.127. The fourth-order valence-corrected chi connectivity index (χ4v) is 5.49. The van der Waals surface area contributed by atoms with E-state index in [1.54, 1.807) is 35.7 Å². The summed E-state index contributed by atoms with van der Waals surface area (Å²) in [5.41, 5.74) is 0.103. The lowest BCUT2D eigenvalue weighted by atomic mass is 9.84. The van der Waals surface area contributed by atoms with E-state index in [9.17, 15) is 14.7 Å². The molecule has 2 amide bonds. The van der Waals surface area contributed by atoms with Crippen molar-refractivity contribution in [1.29, 1.82) is 0 Å². The van der Waals surface area contributed by atoms with Crippen molar-refractivity contribution < 1.29 is 28.9 Å². The highest BCUT2D eigenvalue weighted by Gasteiger charge is 2.37. The van der Waals surface area contributed by atoms with Gasteiger partial charge in [0.05, 0.1) is 18.7 Å². The predicted molar refractivity (Wildman–Crippen MR) is 148 cm³/mol. The minimum atomic E-state index is -0.939. The summed E-state index contributed by atoms with van der Waals surface area (Å²) in [6.45, 7) is 3.82. The third kappa shape index (κ3) is 7.24. The van der Waals surface area contributed by atoms with Gasteiger partial charge in [0.2, 0.25) is 5.91 Å². The Morgan fingerprint density at radius 1 is 1.25 bits per heavy atom. The molecule has 1 aromatic heterocycles. The van der Waals surface area contributed by atoms with Crippen molar-refractivity contribution in [2.45, 2.75) is 83.4 Å². The van der Waals surface area contributed by atoms with Gasteiger partial charge in [-0.2, -0.15) is 5.10 Å². The average Bonchev–Trinajstić information content (AvgIpc) is 3.52. The summed E-state index contributed by atoms with van der Waals surface area (Å²) in [5, 5.41) is 17.3. The largest absolute Gasteiger partial charge is 0.454 e. The molecule has 1 aromatic rings. The summed E-state index contributed by atoms with van der Waals surface area (Å²) in [6.07, 6.45) is 20.0. The molecule has 2 aliphatic carbocycles. The molecule has 0 spiro atoms. The predicted octanol–water partition coefficient (Wildman–Crippen LogP) is 4.64. The van der Waals surface area contributed by atoms with Crippen LogP contribution in [-0.2, 0) is 30.3 Å². The van der Waals surface area contributed by atoms with Crippen LogP contribution in [-0.4, -0.2) is 49.8 Å². The van der Waals surface area contributed by atoms with E-state index >= 15 is 0 Å². The van der Waals surface area contributed by atoms with Gasteiger partial charge in [-0.1, -0.05) is 50.3 Å². The Kier molecular flexibility index (Phi) is 8.44. The van der Waals surface area contributed by atoms with E-state index in [-0.39, 0.29) is 30.8 Å². The third-order valence-electron chi connectivity index (χ3n) is 7.42. The maximum Gasteiger partial charge on any atom is 0.326 e. The number of aromatic nitrogens is 2. The number of rotatable bonds is 10. The van der Waals surface area contributed by atoms with E-state index < -0.39 is 11.6 Å². The number of nitrogens with one attached hydrogen (secondary N) is 1. The summed E-state index contributed by atoms with van der Waals surface area (Å²) in [4.78, 5) is 28.2. The number of carbonyl (C=O) groups excluding carboxylic acids is 2. The zero-order chi connectivity index (χ0) is 28.1. The lowest BCUT2D eigenvalue weighted by Gasteiger charge is -2.31. The van der Waals surface area contributed by atoms with Crippen molar-refractivity contribution in [2.24, 2.45) is 5.92 Å². The number of nitrogens with zero attached hydrogens (tertiary/aromatic N) is 3. The second-order valence-electron chi connectivity index (χ2n) is 11.4. The number of allylic oxidation sites excluding steroid dienone is 4. The summed E-state index contributed by atoms with van der Waals surface area (Å²) >= 11 is 0. The van der Waals surface area contributed by atoms with Crippen molar-refractivity contribution in [1.82, 2.24) is 14.7 Å². The van der Waals surface area contributed by atoms with Crippen LogP contribution in [0.15, 0.2) is 72.1 Å². The summed E-state index contributed by atoms with van der Waals surface area (Å²) < 4.78 is 18.8. The Labute approximate surface area is 234 Å². The standard InChI is InChI=1S/C30H38N4O6/c1-30(2,37)20-33-14-13-26(32-33)31-29(36)24(15-21-9-5-3-6-10-21)34-17-23(16-27(34)35)40-28-19-38-25(18-39-28)22-11-7-4-8-12-22/h4,7,11,13-14,16,18-19,21,24,37H,3,5-6,8-10,12,15,17,20H2,1-2H3,(H,31,32,36)/t24-/m0/s1. The number of amides is 2.